The molecule has 0 radical (unpaired) electrons. The van der Waals surface area contributed by atoms with Crippen molar-refractivity contribution in [2.45, 2.75) is 46.6 Å². The van der Waals surface area contributed by atoms with Crippen LogP contribution in [0.25, 0.3) is 11.6 Å². The first-order valence-electron chi connectivity index (χ1n) is 12.6. The fraction of sp³-hybridized carbons (Fsp3) is 0.345. The van der Waals surface area contributed by atoms with Gasteiger partial charge in [0.05, 0.1) is 17.1 Å². The van der Waals surface area contributed by atoms with Crippen molar-refractivity contribution in [3.63, 3.8) is 0 Å². The van der Waals surface area contributed by atoms with Crippen LogP contribution in [0.1, 0.15) is 52.2 Å². The highest BCUT2D eigenvalue weighted by molar-refractivity contribution is 8.18. The summed E-state index contributed by atoms with van der Waals surface area (Å²) in [6.45, 7) is 11.5. The summed E-state index contributed by atoms with van der Waals surface area (Å²) in [6, 6.07) is 10.8. The van der Waals surface area contributed by atoms with Crippen molar-refractivity contribution in [3.8, 4) is 5.75 Å². The molecule has 0 aliphatic carbocycles. The maximum Gasteiger partial charge on any atom is 0.294 e. The Morgan fingerprint density at radius 2 is 1.87 bits per heavy atom. The molecule has 2 aromatic carbocycles. The van der Waals surface area contributed by atoms with Gasteiger partial charge in [-0.25, -0.2) is 0 Å². The average molecular weight is 554 g/mol. The predicted octanol–water partition coefficient (Wildman–Crippen LogP) is 6.83. The first kappa shape index (κ1) is 27.8. The van der Waals surface area contributed by atoms with Gasteiger partial charge in [-0.2, -0.15) is 0 Å². The predicted molar refractivity (Wildman–Crippen MR) is 156 cm³/mol. The molecule has 1 fully saturated rings. The molecule has 2 heterocycles. The first-order chi connectivity index (χ1) is 18.0. The molecule has 2 aliphatic rings. The van der Waals surface area contributed by atoms with E-state index in [0.29, 0.717) is 28.6 Å². The minimum atomic E-state index is -0.517. The van der Waals surface area contributed by atoms with Gasteiger partial charge in [-0.15, -0.1) is 0 Å². The second-order valence-corrected chi connectivity index (χ2v) is 11.2. The molecular weight excluding hydrogens is 522 g/mol. The van der Waals surface area contributed by atoms with E-state index in [1.165, 1.54) is 0 Å². The van der Waals surface area contributed by atoms with E-state index in [9.17, 15) is 14.4 Å². The number of benzene rings is 2. The largest absolute Gasteiger partial charge is 0.494 e. The SMILES string of the molecule is CCCN1c2cc(Cl)c(/C=C3/SC(=O)N(CC(=O)Nc4ccc(OCC)cc4)C3=O)cc2C(C)=CC1(C)C. The van der Waals surface area contributed by atoms with Gasteiger partial charge in [0.15, 0.2) is 0 Å². The number of fused-ring (bicyclic) bond motifs is 1. The molecule has 1 saturated heterocycles. The minimum Gasteiger partial charge on any atom is -0.494 e. The van der Waals surface area contributed by atoms with Gasteiger partial charge >= 0.3 is 0 Å². The lowest BCUT2D eigenvalue weighted by molar-refractivity contribution is -0.127. The third-order valence-corrected chi connectivity index (χ3v) is 7.69. The number of rotatable bonds is 8. The van der Waals surface area contributed by atoms with Gasteiger partial charge in [0, 0.05) is 28.5 Å². The van der Waals surface area contributed by atoms with Crippen molar-refractivity contribution in [1.82, 2.24) is 4.90 Å². The van der Waals surface area contributed by atoms with E-state index >= 15 is 0 Å². The molecule has 1 N–H and O–H groups in total. The molecular formula is C29H32ClN3O4S. The maximum atomic E-state index is 13.1. The lowest BCUT2D eigenvalue weighted by atomic mass is 9.87. The fourth-order valence-electron chi connectivity index (χ4n) is 4.78. The molecule has 0 atom stereocenters. The van der Waals surface area contributed by atoms with Crippen LogP contribution in [0.5, 0.6) is 5.75 Å². The molecule has 0 bridgehead atoms. The summed E-state index contributed by atoms with van der Waals surface area (Å²) >= 11 is 7.50. The van der Waals surface area contributed by atoms with Crippen LogP contribution in [0.4, 0.5) is 16.2 Å². The van der Waals surface area contributed by atoms with E-state index in [1.807, 2.05) is 19.1 Å². The van der Waals surface area contributed by atoms with Gasteiger partial charge < -0.3 is 15.0 Å². The number of thioether (sulfide) groups is 1. The highest BCUT2D eigenvalue weighted by Crippen LogP contribution is 2.43. The normalized spacial score (nSPS) is 17.5. The standard InChI is InChI=1S/C29H32ClN3O4S/c1-6-12-33-24-15-23(30)19(13-22(24)18(3)16-29(33,4)5)14-25-27(35)32(28(36)38-25)17-26(34)31-20-8-10-21(11-9-20)37-7-2/h8-11,13-16H,6-7,12,17H2,1-5H3,(H,31,34)/b25-14+. The van der Waals surface area contributed by atoms with Gasteiger partial charge in [-0.05, 0) is 99.5 Å². The Morgan fingerprint density at radius 1 is 1.16 bits per heavy atom. The topological polar surface area (TPSA) is 79.0 Å². The maximum absolute atomic E-state index is 13.1. The van der Waals surface area contributed by atoms with Crippen molar-refractivity contribution in [1.29, 1.82) is 0 Å². The molecule has 7 nitrogen and oxygen atoms in total. The highest BCUT2D eigenvalue weighted by atomic mass is 35.5. The Morgan fingerprint density at radius 3 is 2.53 bits per heavy atom. The molecule has 3 amide bonds. The molecule has 38 heavy (non-hydrogen) atoms. The summed E-state index contributed by atoms with van der Waals surface area (Å²) < 4.78 is 5.40. The van der Waals surface area contributed by atoms with Crippen LogP contribution in [-0.4, -0.2) is 47.2 Å². The molecule has 0 aromatic heterocycles. The van der Waals surface area contributed by atoms with Gasteiger partial charge in [0.1, 0.15) is 12.3 Å². The average Bonchev–Trinajstić information content (AvgIpc) is 3.11. The number of amides is 3. The van der Waals surface area contributed by atoms with Gasteiger partial charge in [-0.3, -0.25) is 19.3 Å². The number of anilines is 2. The van der Waals surface area contributed by atoms with Crippen LogP contribution in [0.2, 0.25) is 5.02 Å². The molecule has 2 aromatic rings. The van der Waals surface area contributed by atoms with Gasteiger partial charge in [0.2, 0.25) is 5.91 Å². The molecule has 9 heteroatoms. The van der Waals surface area contributed by atoms with E-state index in [4.69, 9.17) is 16.3 Å². The lowest BCUT2D eigenvalue weighted by Gasteiger charge is -2.43. The Labute approximate surface area is 232 Å². The monoisotopic (exact) mass is 553 g/mol. The summed E-state index contributed by atoms with van der Waals surface area (Å²) in [7, 11) is 0. The van der Waals surface area contributed by atoms with E-state index in [2.05, 4.69) is 44.0 Å². The van der Waals surface area contributed by atoms with Crippen LogP contribution in [0.3, 0.4) is 0 Å². The van der Waals surface area contributed by atoms with E-state index in [1.54, 1.807) is 30.3 Å². The van der Waals surface area contributed by atoms with Crippen LogP contribution >= 0.6 is 23.4 Å². The van der Waals surface area contributed by atoms with Crippen molar-refractivity contribution in [2.75, 3.05) is 29.9 Å². The van der Waals surface area contributed by atoms with Crippen molar-refractivity contribution in [2.24, 2.45) is 0 Å². The zero-order chi connectivity index (χ0) is 27.6. The molecule has 200 valence electrons. The van der Waals surface area contributed by atoms with Crippen molar-refractivity contribution >= 4 is 63.4 Å². The van der Waals surface area contributed by atoms with Crippen molar-refractivity contribution in [3.05, 3.63) is 63.5 Å². The summed E-state index contributed by atoms with van der Waals surface area (Å²) in [4.78, 5) is 41.8. The van der Waals surface area contributed by atoms with Crippen LogP contribution in [0.15, 0.2) is 47.4 Å². The number of hydrogen-bond donors (Lipinski definition) is 1. The molecule has 0 saturated carbocycles. The molecule has 4 rings (SSSR count). The van der Waals surface area contributed by atoms with E-state index < -0.39 is 17.1 Å². The number of allylic oxidation sites excluding steroid dienone is 1. The highest BCUT2D eigenvalue weighted by Gasteiger charge is 2.37. The number of halogens is 1. The number of carbonyl (C=O) groups excluding carboxylic acids is 3. The Kier molecular flexibility index (Phi) is 8.23. The third kappa shape index (κ3) is 5.76. The van der Waals surface area contributed by atoms with Gasteiger partial charge in [0.25, 0.3) is 11.1 Å². The van der Waals surface area contributed by atoms with E-state index in [0.717, 1.165) is 46.5 Å². The minimum absolute atomic E-state index is 0.146. The number of carbonyl (C=O) groups is 3. The first-order valence-corrected chi connectivity index (χ1v) is 13.8. The summed E-state index contributed by atoms with van der Waals surface area (Å²) in [5.41, 5.74) is 4.28. The van der Waals surface area contributed by atoms with Crippen LogP contribution in [0, 0.1) is 0 Å². The third-order valence-electron chi connectivity index (χ3n) is 6.45. The van der Waals surface area contributed by atoms with Crippen LogP contribution < -0.4 is 15.0 Å². The quantitative estimate of drug-likeness (QED) is 0.361. The number of ether oxygens (including phenoxy) is 1. The summed E-state index contributed by atoms with van der Waals surface area (Å²) in [6.07, 6.45) is 4.86. The summed E-state index contributed by atoms with van der Waals surface area (Å²) in [5, 5.41) is 2.71. The van der Waals surface area contributed by atoms with Crippen LogP contribution in [-0.2, 0) is 9.59 Å². The van der Waals surface area contributed by atoms with Gasteiger partial charge in [-0.1, -0.05) is 24.6 Å². The second-order valence-electron chi connectivity index (χ2n) is 9.80. The van der Waals surface area contributed by atoms with Crippen molar-refractivity contribution < 1.29 is 19.1 Å². The zero-order valence-corrected chi connectivity index (χ0v) is 23.8. The number of nitrogens with one attached hydrogen (secondary N) is 1. The number of hydrogen-bond acceptors (Lipinski definition) is 6. The Bertz CT molecular complexity index is 1330. The second kappa shape index (κ2) is 11.3. The fourth-order valence-corrected chi connectivity index (χ4v) is 5.82. The molecule has 0 unspecified atom stereocenters. The van der Waals surface area contributed by atoms with E-state index in [-0.39, 0.29) is 17.0 Å². The zero-order valence-electron chi connectivity index (χ0n) is 22.3. The molecule has 2 aliphatic heterocycles. The molecule has 0 spiro atoms. The Balaban J connectivity index is 1.52. The Hall–Kier alpha value is -3.23. The smallest absolute Gasteiger partial charge is 0.294 e. The lowest BCUT2D eigenvalue weighted by Crippen LogP contribution is -2.45. The summed E-state index contributed by atoms with van der Waals surface area (Å²) in [5.74, 6) is -0.296. The number of nitrogens with zero attached hydrogens (tertiary/aromatic N) is 2. The number of imide groups is 1.